The maximum atomic E-state index is 14.1. The molecule has 0 bridgehead atoms. The Balaban J connectivity index is 0.000000801. The number of rotatable bonds is 8. The minimum Gasteiger partial charge on any atom is -0.359 e. The van der Waals surface area contributed by atoms with Crippen LogP contribution in [-0.4, -0.2) is 31.0 Å². The smallest absolute Gasteiger partial charge is 0.248 e. The van der Waals surface area contributed by atoms with Gasteiger partial charge in [0.2, 0.25) is 11.8 Å². The van der Waals surface area contributed by atoms with Crippen LogP contribution in [0.1, 0.15) is 92.5 Å². The van der Waals surface area contributed by atoms with E-state index in [2.05, 4.69) is 38.6 Å². The summed E-state index contributed by atoms with van der Waals surface area (Å²) in [6, 6.07) is 6.67. The van der Waals surface area contributed by atoms with Crippen molar-refractivity contribution in [1.29, 1.82) is 0 Å². The highest BCUT2D eigenvalue weighted by Crippen LogP contribution is 2.33. The fourth-order valence-electron chi connectivity index (χ4n) is 5.23. The number of nitrogens with one attached hydrogen (secondary N) is 1. The number of hydrogen-bond donors (Lipinski definition) is 1. The molecule has 3 nitrogen and oxygen atoms in total. The van der Waals surface area contributed by atoms with Crippen molar-refractivity contribution in [3.63, 3.8) is 0 Å². The van der Waals surface area contributed by atoms with Crippen LogP contribution >= 0.6 is 0 Å². The molecular formula is C34H49F3N2O. The summed E-state index contributed by atoms with van der Waals surface area (Å²) in [5.41, 5.74) is 2.31. The Hall–Kier alpha value is -2.94. The first-order chi connectivity index (χ1) is 18.8. The molecule has 0 aliphatic heterocycles. The molecule has 0 saturated heterocycles. The van der Waals surface area contributed by atoms with Crippen LogP contribution < -0.4 is 10.2 Å². The van der Waals surface area contributed by atoms with Crippen LogP contribution in [0.15, 0.2) is 60.5 Å². The number of terminal acetylenes is 1. The highest BCUT2D eigenvalue weighted by molar-refractivity contribution is 5.89. The van der Waals surface area contributed by atoms with Gasteiger partial charge in [0.15, 0.2) is 0 Å². The number of likely N-dealkylation sites (N-methyl/N-ethyl adjacent to an activating group) is 1. The number of benzene rings is 1. The Morgan fingerprint density at radius 1 is 1.20 bits per heavy atom. The second-order valence-corrected chi connectivity index (χ2v) is 12.0. The maximum Gasteiger partial charge on any atom is 0.248 e. The molecule has 1 aromatic rings. The van der Waals surface area contributed by atoms with Crippen molar-refractivity contribution in [2.24, 2.45) is 5.92 Å². The molecule has 1 N–H and O–H groups in total. The standard InChI is InChI=1S/C26H35F3N2O.C8H12.H2/c1-7-18(17-20(27)8-2)23(24(32)30-21-13-15-26(28,29)16-14-21)31(6)22-11-9-19(10-12-22)25(3,4)5;1-2-5-8-6-3-4-7-8;/h7-12,17,21,23H,1,13-16H2,2-6H3,(H,30,32);1,8H,3-7H2;1H/b18-17+,20-8+;;. The van der Waals surface area contributed by atoms with Gasteiger partial charge >= 0.3 is 0 Å². The number of hydrogen-bond acceptors (Lipinski definition) is 2. The summed E-state index contributed by atoms with van der Waals surface area (Å²) in [6.07, 6.45) is 15.7. The Morgan fingerprint density at radius 2 is 1.77 bits per heavy atom. The zero-order chi connectivity index (χ0) is 29.9. The van der Waals surface area contributed by atoms with Crippen LogP contribution in [0.2, 0.25) is 0 Å². The minimum atomic E-state index is -2.67. The molecule has 1 atom stereocenters. The molecule has 0 aromatic heterocycles. The average Bonchev–Trinajstić information content (AvgIpc) is 3.42. The normalized spacial score (nSPS) is 19.2. The molecular weight excluding hydrogens is 509 g/mol. The van der Waals surface area contributed by atoms with Crippen LogP contribution in [0.5, 0.6) is 0 Å². The molecule has 2 saturated carbocycles. The number of allylic oxidation sites excluding steroid dienone is 3. The topological polar surface area (TPSA) is 32.3 Å². The van der Waals surface area contributed by atoms with E-state index in [4.69, 9.17) is 6.42 Å². The summed E-state index contributed by atoms with van der Waals surface area (Å²) in [5.74, 6) is 0.0681. The van der Waals surface area contributed by atoms with Crippen molar-refractivity contribution in [3.8, 4) is 12.3 Å². The fourth-order valence-corrected chi connectivity index (χ4v) is 5.23. The highest BCUT2D eigenvalue weighted by Gasteiger charge is 2.37. The van der Waals surface area contributed by atoms with E-state index in [1.807, 2.05) is 24.3 Å². The highest BCUT2D eigenvalue weighted by atomic mass is 19.3. The number of carbonyl (C=O) groups is 1. The summed E-state index contributed by atoms with van der Waals surface area (Å²) in [5, 5.41) is 2.90. The lowest BCUT2D eigenvalue weighted by Crippen LogP contribution is -2.50. The summed E-state index contributed by atoms with van der Waals surface area (Å²) in [4.78, 5) is 15.1. The van der Waals surface area contributed by atoms with Gasteiger partial charge in [0.05, 0.1) is 0 Å². The van der Waals surface area contributed by atoms with Crippen LogP contribution in [0, 0.1) is 18.3 Å². The van der Waals surface area contributed by atoms with Crippen molar-refractivity contribution < 1.29 is 19.4 Å². The predicted molar refractivity (Wildman–Crippen MR) is 163 cm³/mol. The third-order valence-electron chi connectivity index (χ3n) is 7.85. The largest absolute Gasteiger partial charge is 0.359 e. The zero-order valence-corrected chi connectivity index (χ0v) is 24.9. The third-order valence-corrected chi connectivity index (χ3v) is 7.85. The monoisotopic (exact) mass is 558 g/mol. The van der Waals surface area contributed by atoms with Gasteiger partial charge in [-0.05, 0) is 73.3 Å². The van der Waals surface area contributed by atoms with E-state index in [1.54, 1.807) is 18.9 Å². The molecule has 1 aromatic carbocycles. The first kappa shape index (κ1) is 33.3. The third kappa shape index (κ3) is 10.2. The zero-order valence-electron chi connectivity index (χ0n) is 24.9. The van der Waals surface area contributed by atoms with Crippen molar-refractivity contribution in [1.82, 2.24) is 5.32 Å². The lowest BCUT2D eigenvalue weighted by atomic mass is 9.87. The second-order valence-electron chi connectivity index (χ2n) is 12.0. The van der Waals surface area contributed by atoms with E-state index >= 15 is 0 Å². The van der Waals surface area contributed by atoms with Gasteiger partial charge in [-0.15, -0.1) is 12.3 Å². The molecule has 1 unspecified atom stereocenters. The molecule has 3 rings (SSSR count). The number of amides is 1. The van der Waals surface area contributed by atoms with Crippen molar-refractivity contribution in [2.75, 3.05) is 11.9 Å². The van der Waals surface area contributed by atoms with Gasteiger partial charge in [0, 0.05) is 39.5 Å². The lowest BCUT2D eigenvalue weighted by molar-refractivity contribution is -0.123. The molecule has 40 heavy (non-hydrogen) atoms. The molecule has 0 heterocycles. The maximum absolute atomic E-state index is 14.1. The lowest BCUT2D eigenvalue weighted by Gasteiger charge is -2.34. The van der Waals surface area contributed by atoms with E-state index < -0.39 is 17.8 Å². The fraction of sp³-hybridized carbons (Fsp3) is 0.559. The Labute approximate surface area is 241 Å². The van der Waals surface area contributed by atoms with Gasteiger partial charge < -0.3 is 10.2 Å². The molecule has 2 fully saturated rings. The number of carbonyl (C=O) groups excluding carboxylic acids is 1. The van der Waals surface area contributed by atoms with E-state index in [0.29, 0.717) is 5.57 Å². The molecule has 0 spiro atoms. The molecule has 6 heteroatoms. The van der Waals surface area contributed by atoms with Crippen LogP contribution in [0.3, 0.4) is 0 Å². The quantitative estimate of drug-likeness (QED) is 0.255. The SMILES string of the molecule is C#CCC1CCCC1.C=C/C(=C\C(F)=C/C)C(C(=O)NC1CCC(F)(F)CC1)N(C)c1ccc(C(C)(C)C)cc1.[HH]. The molecule has 222 valence electrons. The first-order valence-electron chi connectivity index (χ1n) is 14.4. The van der Waals surface area contributed by atoms with Crippen molar-refractivity contribution in [3.05, 3.63) is 66.0 Å². The summed E-state index contributed by atoms with van der Waals surface area (Å²) in [7, 11) is 1.76. The second kappa shape index (κ2) is 15.2. The van der Waals surface area contributed by atoms with Crippen molar-refractivity contribution in [2.45, 2.75) is 109 Å². The van der Waals surface area contributed by atoms with Crippen molar-refractivity contribution >= 4 is 11.6 Å². The van der Waals surface area contributed by atoms with Gasteiger partial charge in [0.1, 0.15) is 11.9 Å². The summed E-state index contributed by atoms with van der Waals surface area (Å²) in [6.45, 7) is 11.7. The van der Waals surface area contributed by atoms with Crippen LogP contribution in [-0.2, 0) is 10.2 Å². The Kier molecular flexibility index (Phi) is 12.6. The molecule has 2 aliphatic rings. The number of nitrogens with zero attached hydrogens (tertiary/aromatic N) is 1. The average molecular weight is 559 g/mol. The number of anilines is 1. The van der Waals surface area contributed by atoms with Gasteiger partial charge in [-0.3, -0.25) is 4.79 Å². The van der Waals surface area contributed by atoms with E-state index in [1.165, 1.54) is 43.9 Å². The number of halogens is 3. The van der Waals surface area contributed by atoms with Gasteiger partial charge in [-0.25, -0.2) is 13.2 Å². The van der Waals surface area contributed by atoms with E-state index in [9.17, 15) is 18.0 Å². The number of alkyl halides is 2. The van der Waals surface area contributed by atoms with Gasteiger partial charge in [-0.2, -0.15) is 0 Å². The van der Waals surface area contributed by atoms with Crippen LogP contribution in [0.4, 0.5) is 18.9 Å². The Bertz CT molecular complexity index is 1070. The summed E-state index contributed by atoms with van der Waals surface area (Å²) < 4.78 is 41.1. The molecule has 2 aliphatic carbocycles. The first-order valence-corrected chi connectivity index (χ1v) is 14.4. The molecule has 0 radical (unpaired) electrons. The van der Waals surface area contributed by atoms with E-state index in [0.717, 1.165) is 23.6 Å². The summed E-state index contributed by atoms with van der Waals surface area (Å²) >= 11 is 0. The predicted octanol–water partition coefficient (Wildman–Crippen LogP) is 8.91. The van der Waals surface area contributed by atoms with Gasteiger partial charge in [-0.1, -0.05) is 64.5 Å². The van der Waals surface area contributed by atoms with Gasteiger partial charge in [0.25, 0.3) is 0 Å². The Morgan fingerprint density at radius 3 is 2.25 bits per heavy atom. The minimum absolute atomic E-state index is 0. The molecule has 1 amide bonds. The van der Waals surface area contributed by atoms with E-state index in [-0.39, 0.29) is 44.5 Å². The van der Waals surface area contributed by atoms with Crippen LogP contribution in [0.25, 0.3) is 0 Å².